The topological polar surface area (TPSA) is 58.6 Å². The van der Waals surface area contributed by atoms with Crippen LogP contribution in [0.15, 0.2) is 18.2 Å². The summed E-state index contributed by atoms with van der Waals surface area (Å²) in [7, 11) is 0. The number of alkyl halides is 2. The van der Waals surface area contributed by atoms with E-state index in [9.17, 15) is 18.0 Å². The van der Waals surface area contributed by atoms with Crippen molar-refractivity contribution in [2.75, 3.05) is 11.9 Å². The molecule has 1 aromatic rings. The molecule has 0 heterocycles. The van der Waals surface area contributed by atoms with Crippen molar-refractivity contribution in [1.82, 2.24) is 0 Å². The van der Waals surface area contributed by atoms with Gasteiger partial charge >= 0.3 is 6.09 Å². The Kier molecular flexibility index (Phi) is 4.65. The summed E-state index contributed by atoms with van der Waals surface area (Å²) in [5, 5.41) is 10.8. The molecule has 0 saturated heterocycles. The fourth-order valence-corrected chi connectivity index (χ4v) is 1.43. The van der Waals surface area contributed by atoms with Gasteiger partial charge in [0.05, 0.1) is 5.69 Å². The summed E-state index contributed by atoms with van der Waals surface area (Å²) in [4.78, 5) is 11.5. The highest BCUT2D eigenvalue weighted by molar-refractivity contribution is 5.86. The second-order valence-electron chi connectivity index (χ2n) is 5.18. The maximum absolute atomic E-state index is 13.5. The first kappa shape index (κ1) is 16.3. The lowest BCUT2D eigenvalue weighted by Gasteiger charge is -2.22. The van der Waals surface area contributed by atoms with Crippen LogP contribution in [-0.4, -0.2) is 23.4 Å². The number of carbonyl (C=O) groups excluding carboxylic acids is 1. The van der Waals surface area contributed by atoms with E-state index in [-0.39, 0.29) is 5.69 Å². The summed E-state index contributed by atoms with van der Waals surface area (Å²) in [6.07, 6.45) is -0.945. The summed E-state index contributed by atoms with van der Waals surface area (Å²) in [6.45, 7) is 3.33. The Morgan fingerprint density at radius 1 is 1.35 bits per heavy atom. The number of amides is 1. The van der Waals surface area contributed by atoms with Gasteiger partial charge in [-0.2, -0.15) is 8.78 Å². The van der Waals surface area contributed by atoms with Crippen LogP contribution in [0.1, 0.15) is 26.3 Å². The van der Waals surface area contributed by atoms with E-state index >= 15 is 0 Å². The van der Waals surface area contributed by atoms with Gasteiger partial charge < -0.3 is 9.84 Å². The van der Waals surface area contributed by atoms with E-state index < -0.39 is 35.6 Å². The molecule has 0 aliphatic carbocycles. The first-order chi connectivity index (χ1) is 9.05. The van der Waals surface area contributed by atoms with Gasteiger partial charge in [0.15, 0.2) is 0 Å². The fourth-order valence-electron chi connectivity index (χ4n) is 1.43. The van der Waals surface area contributed by atoms with Crippen LogP contribution in [-0.2, 0) is 10.7 Å². The van der Waals surface area contributed by atoms with Crippen molar-refractivity contribution in [2.45, 2.75) is 32.3 Å². The third kappa shape index (κ3) is 4.41. The average molecular weight is 291 g/mol. The van der Waals surface area contributed by atoms with Crippen molar-refractivity contribution < 1.29 is 27.8 Å². The molecule has 0 atom stereocenters. The van der Waals surface area contributed by atoms with Gasteiger partial charge in [0, 0.05) is 5.56 Å². The lowest BCUT2D eigenvalue weighted by atomic mass is 10.1. The van der Waals surface area contributed by atoms with Crippen LogP contribution in [0.25, 0.3) is 0 Å². The number of carbonyl (C=O) groups is 1. The van der Waals surface area contributed by atoms with Crippen LogP contribution in [0.3, 0.4) is 0 Å². The van der Waals surface area contributed by atoms with Gasteiger partial charge in [0.2, 0.25) is 0 Å². The number of hydrogen-bond donors (Lipinski definition) is 2. The molecular formula is C13H16F3NO3. The highest BCUT2D eigenvalue weighted by atomic mass is 19.3. The predicted octanol–water partition coefficient (Wildman–Crippen LogP) is 3.26. The number of nitrogens with one attached hydrogen (secondary N) is 1. The molecule has 7 heteroatoms. The van der Waals surface area contributed by atoms with Crippen LogP contribution < -0.4 is 5.32 Å². The van der Waals surface area contributed by atoms with E-state index in [0.717, 1.165) is 12.1 Å². The average Bonchev–Trinajstić information content (AvgIpc) is 2.29. The number of anilines is 1. The van der Waals surface area contributed by atoms with Gasteiger partial charge in [-0.15, -0.1) is 0 Å². The maximum atomic E-state index is 13.5. The van der Waals surface area contributed by atoms with Gasteiger partial charge in [-0.05, 0) is 39.0 Å². The summed E-state index contributed by atoms with van der Waals surface area (Å²) >= 11 is 0. The zero-order valence-corrected chi connectivity index (χ0v) is 11.3. The zero-order chi connectivity index (χ0) is 15.6. The van der Waals surface area contributed by atoms with Gasteiger partial charge in [-0.25, -0.2) is 9.18 Å². The van der Waals surface area contributed by atoms with Gasteiger partial charge in [-0.3, -0.25) is 5.32 Å². The molecule has 1 aromatic carbocycles. The van der Waals surface area contributed by atoms with E-state index in [1.54, 1.807) is 20.8 Å². The Balaban J connectivity index is 3.04. The van der Waals surface area contributed by atoms with Crippen molar-refractivity contribution in [3.63, 3.8) is 0 Å². The predicted molar refractivity (Wildman–Crippen MR) is 67.2 cm³/mol. The van der Waals surface area contributed by atoms with E-state index in [1.807, 2.05) is 0 Å². The molecule has 0 fully saturated rings. The second kappa shape index (κ2) is 5.70. The minimum atomic E-state index is -3.67. The van der Waals surface area contributed by atoms with Crippen LogP contribution in [0.4, 0.5) is 23.7 Å². The number of benzene rings is 1. The van der Waals surface area contributed by atoms with Gasteiger partial charge in [0.25, 0.3) is 5.92 Å². The molecule has 2 N–H and O–H groups in total. The highest BCUT2D eigenvalue weighted by Gasteiger charge is 2.34. The molecule has 0 radical (unpaired) electrons. The molecule has 1 rings (SSSR count). The lowest BCUT2D eigenvalue weighted by Crippen LogP contribution is -2.29. The maximum Gasteiger partial charge on any atom is 0.412 e. The Bertz CT molecular complexity index is 498. The zero-order valence-electron chi connectivity index (χ0n) is 11.3. The molecule has 0 spiro atoms. The molecule has 0 aliphatic rings. The van der Waals surface area contributed by atoms with Crippen molar-refractivity contribution in [2.24, 2.45) is 0 Å². The van der Waals surface area contributed by atoms with Crippen molar-refractivity contribution in [3.05, 3.63) is 29.6 Å². The van der Waals surface area contributed by atoms with E-state index in [0.29, 0.717) is 6.07 Å². The van der Waals surface area contributed by atoms with Gasteiger partial charge in [0.1, 0.15) is 18.0 Å². The fraction of sp³-hybridized carbons (Fsp3) is 0.462. The van der Waals surface area contributed by atoms with Crippen LogP contribution >= 0.6 is 0 Å². The molecule has 0 unspecified atom stereocenters. The number of aliphatic hydroxyl groups is 1. The largest absolute Gasteiger partial charge is 0.444 e. The molecule has 0 saturated carbocycles. The molecule has 0 bridgehead atoms. The van der Waals surface area contributed by atoms with Gasteiger partial charge in [-0.1, -0.05) is 0 Å². The normalized spacial score (nSPS) is 12.2. The van der Waals surface area contributed by atoms with E-state index in [1.165, 1.54) is 0 Å². The van der Waals surface area contributed by atoms with Crippen molar-refractivity contribution >= 4 is 11.8 Å². The molecular weight excluding hydrogens is 275 g/mol. The molecule has 0 aromatic heterocycles. The molecule has 0 aliphatic heterocycles. The van der Waals surface area contributed by atoms with E-state index in [2.05, 4.69) is 5.32 Å². The number of rotatable bonds is 3. The van der Waals surface area contributed by atoms with Crippen molar-refractivity contribution in [3.8, 4) is 0 Å². The third-order valence-corrected chi connectivity index (χ3v) is 2.21. The third-order valence-electron chi connectivity index (χ3n) is 2.21. The standard InChI is InChI=1S/C13H16F3NO3/c1-12(2,3)20-11(19)17-10-5-4-8(14)6-9(10)13(15,16)7-18/h4-6,18H,7H2,1-3H3,(H,17,19). The quantitative estimate of drug-likeness (QED) is 0.898. The number of aliphatic hydroxyl groups excluding tert-OH is 1. The number of ether oxygens (including phenoxy) is 1. The SMILES string of the molecule is CC(C)(C)OC(=O)Nc1ccc(F)cc1C(F)(F)CO. The Morgan fingerprint density at radius 3 is 2.45 bits per heavy atom. The minimum Gasteiger partial charge on any atom is -0.444 e. The smallest absolute Gasteiger partial charge is 0.412 e. The summed E-state index contributed by atoms with van der Waals surface area (Å²) in [5.41, 5.74) is -1.94. The monoisotopic (exact) mass is 291 g/mol. The van der Waals surface area contributed by atoms with Crippen LogP contribution in [0, 0.1) is 5.82 Å². The van der Waals surface area contributed by atoms with Crippen molar-refractivity contribution in [1.29, 1.82) is 0 Å². The molecule has 112 valence electrons. The molecule has 1 amide bonds. The Hall–Kier alpha value is -1.76. The summed E-state index contributed by atoms with van der Waals surface area (Å²) in [5.74, 6) is -4.57. The number of hydrogen-bond acceptors (Lipinski definition) is 3. The second-order valence-corrected chi connectivity index (χ2v) is 5.18. The molecule has 4 nitrogen and oxygen atoms in total. The van der Waals surface area contributed by atoms with Crippen LogP contribution in [0.5, 0.6) is 0 Å². The highest BCUT2D eigenvalue weighted by Crippen LogP contribution is 2.33. The van der Waals surface area contributed by atoms with E-state index in [4.69, 9.17) is 9.84 Å². The minimum absolute atomic E-state index is 0.320. The molecule has 20 heavy (non-hydrogen) atoms. The lowest BCUT2D eigenvalue weighted by molar-refractivity contribution is -0.0552. The van der Waals surface area contributed by atoms with Crippen LogP contribution in [0.2, 0.25) is 0 Å². The Labute approximate surface area is 114 Å². The first-order valence-corrected chi connectivity index (χ1v) is 5.84. The summed E-state index contributed by atoms with van der Waals surface area (Å²) in [6, 6.07) is 2.46. The number of halogens is 3. The summed E-state index contributed by atoms with van der Waals surface area (Å²) < 4.78 is 45.0. The Morgan fingerprint density at radius 2 is 1.95 bits per heavy atom. The first-order valence-electron chi connectivity index (χ1n) is 5.84.